The molecule has 1 aliphatic heterocycles. The smallest absolute Gasteiger partial charge is 0.233 e. The van der Waals surface area contributed by atoms with E-state index in [0.29, 0.717) is 16.8 Å². The van der Waals surface area contributed by atoms with Crippen molar-refractivity contribution in [3.8, 4) is 5.69 Å². The summed E-state index contributed by atoms with van der Waals surface area (Å²) in [5.41, 5.74) is 0.947. The van der Waals surface area contributed by atoms with Gasteiger partial charge in [-0.15, -0.1) is 10.2 Å². The van der Waals surface area contributed by atoms with Crippen molar-refractivity contribution in [2.75, 3.05) is 12.3 Å². The highest BCUT2D eigenvalue weighted by atomic mass is 35.5. The molecule has 1 aliphatic rings. The molecule has 1 amide bonds. The zero-order chi connectivity index (χ0) is 17.1. The van der Waals surface area contributed by atoms with Gasteiger partial charge >= 0.3 is 0 Å². The van der Waals surface area contributed by atoms with Crippen molar-refractivity contribution >= 4 is 29.3 Å². The second kappa shape index (κ2) is 7.57. The second-order valence-electron chi connectivity index (χ2n) is 6.06. The topological polar surface area (TPSA) is 51.0 Å². The van der Waals surface area contributed by atoms with Gasteiger partial charge in [-0.2, -0.15) is 0 Å². The number of rotatable bonds is 4. The van der Waals surface area contributed by atoms with Gasteiger partial charge in [-0.25, -0.2) is 0 Å². The van der Waals surface area contributed by atoms with Gasteiger partial charge in [0.2, 0.25) is 5.91 Å². The Morgan fingerprint density at radius 3 is 2.75 bits per heavy atom. The van der Waals surface area contributed by atoms with E-state index in [1.807, 2.05) is 40.7 Å². The molecular formula is C17H21ClN4OS. The number of aromatic nitrogens is 3. The van der Waals surface area contributed by atoms with E-state index in [2.05, 4.69) is 17.1 Å². The summed E-state index contributed by atoms with van der Waals surface area (Å²) in [5.74, 6) is 1.35. The Morgan fingerprint density at radius 2 is 2.04 bits per heavy atom. The number of carbonyl (C=O) groups is 1. The summed E-state index contributed by atoms with van der Waals surface area (Å²) in [6.07, 6.45) is 3.40. The van der Waals surface area contributed by atoms with Crippen LogP contribution in [0.3, 0.4) is 0 Å². The Kier molecular flexibility index (Phi) is 5.46. The highest BCUT2D eigenvalue weighted by molar-refractivity contribution is 7.99. The lowest BCUT2D eigenvalue weighted by atomic mass is 10.0. The molecule has 1 atom stereocenters. The number of thioether (sulfide) groups is 1. The van der Waals surface area contributed by atoms with Crippen LogP contribution in [0.5, 0.6) is 0 Å². The summed E-state index contributed by atoms with van der Waals surface area (Å²) in [6.45, 7) is 4.89. The molecule has 7 heteroatoms. The number of aryl methyl sites for hydroxylation is 1. The molecule has 0 unspecified atom stereocenters. The fourth-order valence-corrected chi connectivity index (χ4v) is 4.01. The van der Waals surface area contributed by atoms with Crippen LogP contribution in [0.15, 0.2) is 29.4 Å². The molecule has 5 nitrogen and oxygen atoms in total. The minimum atomic E-state index is 0.176. The van der Waals surface area contributed by atoms with Crippen molar-refractivity contribution in [3.05, 3.63) is 35.1 Å². The van der Waals surface area contributed by atoms with Gasteiger partial charge in [-0.05, 0) is 57.4 Å². The van der Waals surface area contributed by atoms with Crippen LogP contribution in [-0.2, 0) is 4.79 Å². The molecule has 128 valence electrons. The van der Waals surface area contributed by atoms with Crippen LogP contribution in [0.25, 0.3) is 5.69 Å². The lowest BCUT2D eigenvalue weighted by molar-refractivity contribution is -0.131. The van der Waals surface area contributed by atoms with Crippen LogP contribution in [0.2, 0.25) is 5.02 Å². The summed E-state index contributed by atoms with van der Waals surface area (Å²) in [5, 5.41) is 9.80. The van der Waals surface area contributed by atoms with Gasteiger partial charge in [0, 0.05) is 23.3 Å². The van der Waals surface area contributed by atoms with Crippen molar-refractivity contribution < 1.29 is 4.79 Å². The van der Waals surface area contributed by atoms with Crippen molar-refractivity contribution in [1.82, 2.24) is 19.7 Å². The van der Waals surface area contributed by atoms with E-state index < -0.39 is 0 Å². The Morgan fingerprint density at radius 1 is 1.29 bits per heavy atom. The van der Waals surface area contributed by atoms with E-state index in [0.717, 1.165) is 36.1 Å². The third kappa shape index (κ3) is 3.75. The third-order valence-electron chi connectivity index (χ3n) is 4.33. The van der Waals surface area contributed by atoms with Gasteiger partial charge < -0.3 is 4.90 Å². The monoisotopic (exact) mass is 364 g/mol. The molecule has 0 N–H and O–H groups in total. The van der Waals surface area contributed by atoms with Crippen LogP contribution in [0.1, 0.15) is 32.0 Å². The standard InChI is InChI=1S/C17H21ClN4OS/c1-12-5-3-4-10-21(12)16(23)11-24-17-20-19-13(2)22(17)15-8-6-14(18)7-9-15/h6-9,12H,3-5,10-11H2,1-2H3/t12-/m1/s1. The number of amides is 1. The minimum Gasteiger partial charge on any atom is -0.339 e. The number of nitrogens with zero attached hydrogens (tertiary/aromatic N) is 4. The summed E-state index contributed by atoms with van der Waals surface area (Å²) in [4.78, 5) is 14.5. The highest BCUT2D eigenvalue weighted by Gasteiger charge is 2.23. The molecule has 1 aromatic heterocycles. The number of benzene rings is 1. The maximum atomic E-state index is 12.5. The summed E-state index contributed by atoms with van der Waals surface area (Å²) < 4.78 is 1.95. The summed E-state index contributed by atoms with van der Waals surface area (Å²) >= 11 is 7.39. The van der Waals surface area contributed by atoms with Crippen molar-refractivity contribution in [2.24, 2.45) is 0 Å². The van der Waals surface area contributed by atoms with E-state index in [1.165, 1.54) is 18.2 Å². The molecular weight excluding hydrogens is 344 g/mol. The molecule has 3 rings (SSSR count). The maximum absolute atomic E-state index is 12.5. The van der Waals surface area contributed by atoms with E-state index in [1.54, 1.807) is 0 Å². The Hall–Kier alpha value is -1.53. The van der Waals surface area contributed by atoms with Crippen LogP contribution >= 0.6 is 23.4 Å². The predicted molar refractivity (Wildman–Crippen MR) is 96.9 cm³/mol. The van der Waals surface area contributed by atoms with Crippen LogP contribution in [0, 0.1) is 6.92 Å². The normalized spacial score (nSPS) is 18.0. The van der Waals surface area contributed by atoms with Gasteiger partial charge in [0.25, 0.3) is 0 Å². The van der Waals surface area contributed by atoms with E-state index in [4.69, 9.17) is 11.6 Å². The zero-order valence-electron chi connectivity index (χ0n) is 13.9. The largest absolute Gasteiger partial charge is 0.339 e. The maximum Gasteiger partial charge on any atom is 0.233 e. The number of likely N-dealkylation sites (tertiary alicyclic amines) is 1. The van der Waals surface area contributed by atoms with Crippen molar-refractivity contribution in [2.45, 2.75) is 44.3 Å². The SMILES string of the molecule is Cc1nnc(SCC(=O)N2CCCC[C@H]2C)n1-c1ccc(Cl)cc1. The molecule has 24 heavy (non-hydrogen) atoms. The fourth-order valence-electron chi connectivity index (χ4n) is 3.00. The number of halogens is 1. The Bertz CT molecular complexity index is 716. The van der Waals surface area contributed by atoms with Gasteiger partial charge in [-0.1, -0.05) is 23.4 Å². The minimum absolute atomic E-state index is 0.176. The fraction of sp³-hybridized carbons (Fsp3) is 0.471. The first-order valence-corrected chi connectivity index (χ1v) is 9.53. The first-order chi connectivity index (χ1) is 11.6. The molecule has 2 aromatic rings. The summed E-state index contributed by atoms with van der Waals surface area (Å²) in [6, 6.07) is 7.87. The van der Waals surface area contributed by atoms with Crippen LogP contribution in [-0.4, -0.2) is 43.9 Å². The number of hydrogen-bond donors (Lipinski definition) is 0. The average molecular weight is 365 g/mol. The molecule has 0 bridgehead atoms. The van der Waals surface area contributed by atoms with Gasteiger partial charge in [0.15, 0.2) is 5.16 Å². The zero-order valence-corrected chi connectivity index (χ0v) is 15.5. The highest BCUT2D eigenvalue weighted by Crippen LogP contribution is 2.24. The van der Waals surface area contributed by atoms with E-state index >= 15 is 0 Å². The molecule has 0 radical (unpaired) electrons. The molecule has 1 aromatic carbocycles. The molecule has 1 fully saturated rings. The number of carbonyl (C=O) groups excluding carboxylic acids is 1. The van der Waals surface area contributed by atoms with E-state index in [9.17, 15) is 4.79 Å². The lowest BCUT2D eigenvalue weighted by Crippen LogP contribution is -2.42. The van der Waals surface area contributed by atoms with Crippen LogP contribution < -0.4 is 0 Å². The number of piperidine rings is 1. The van der Waals surface area contributed by atoms with Gasteiger partial charge in [0.1, 0.15) is 5.82 Å². The average Bonchev–Trinajstić information content (AvgIpc) is 2.95. The molecule has 0 aliphatic carbocycles. The van der Waals surface area contributed by atoms with Gasteiger partial charge in [-0.3, -0.25) is 9.36 Å². The molecule has 0 saturated carbocycles. The first-order valence-electron chi connectivity index (χ1n) is 8.16. The lowest BCUT2D eigenvalue weighted by Gasteiger charge is -2.33. The van der Waals surface area contributed by atoms with Gasteiger partial charge in [0.05, 0.1) is 5.75 Å². The summed E-state index contributed by atoms with van der Waals surface area (Å²) in [7, 11) is 0. The Labute approximate surface area is 151 Å². The van der Waals surface area contributed by atoms with Crippen LogP contribution in [0.4, 0.5) is 0 Å². The van der Waals surface area contributed by atoms with E-state index in [-0.39, 0.29) is 5.91 Å². The molecule has 1 saturated heterocycles. The quantitative estimate of drug-likeness (QED) is 0.776. The first kappa shape index (κ1) is 17.3. The van der Waals surface area contributed by atoms with Crippen molar-refractivity contribution in [3.63, 3.8) is 0 Å². The van der Waals surface area contributed by atoms with Crippen molar-refractivity contribution in [1.29, 1.82) is 0 Å². The molecule has 0 spiro atoms. The predicted octanol–water partition coefficient (Wildman–Crippen LogP) is 3.72. The number of hydrogen-bond acceptors (Lipinski definition) is 4. The Balaban J connectivity index is 1.72. The second-order valence-corrected chi connectivity index (χ2v) is 7.44. The molecule has 2 heterocycles. The third-order valence-corrected chi connectivity index (χ3v) is 5.49.